The second kappa shape index (κ2) is 6.07. The second-order valence-corrected chi connectivity index (χ2v) is 6.16. The molecule has 1 amide bonds. The number of fused-ring (bicyclic) bond motifs is 1. The van der Waals surface area contributed by atoms with Gasteiger partial charge in [0.1, 0.15) is 11.3 Å². The third kappa shape index (κ3) is 2.49. The van der Waals surface area contributed by atoms with Crippen molar-refractivity contribution >= 4 is 17.1 Å². The average molecular weight is 300 g/mol. The van der Waals surface area contributed by atoms with Crippen molar-refractivity contribution in [1.82, 2.24) is 19.4 Å². The molecule has 0 spiro atoms. The minimum Gasteiger partial charge on any atom is -0.342 e. The molecule has 1 atom stereocenters. The SMILES string of the molecule is CCC(CC)C(=O)N1CC[C@H](c2nc3cccnc3n2C)C1. The van der Waals surface area contributed by atoms with E-state index in [9.17, 15) is 4.79 Å². The van der Waals surface area contributed by atoms with Crippen molar-refractivity contribution in [2.75, 3.05) is 13.1 Å². The molecule has 0 aromatic carbocycles. The summed E-state index contributed by atoms with van der Waals surface area (Å²) in [6.07, 6.45) is 4.63. The molecule has 2 aromatic rings. The number of aryl methyl sites for hydroxylation is 1. The van der Waals surface area contributed by atoms with Crippen LogP contribution in [0.1, 0.15) is 44.9 Å². The van der Waals surface area contributed by atoms with Crippen molar-refractivity contribution in [2.24, 2.45) is 13.0 Å². The van der Waals surface area contributed by atoms with Gasteiger partial charge in [-0.25, -0.2) is 9.97 Å². The smallest absolute Gasteiger partial charge is 0.225 e. The van der Waals surface area contributed by atoms with E-state index in [0.717, 1.165) is 49.3 Å². The van der Waals surface area contributed by atoms with Gasteiger partial charge in [-0.2, -0.15) is 0 Å². The molecule has 0 aliphatic carbocycles. The molecular formula is C17H24N4O. The molecule has 1 aliphatic rings. The quantitative estimate of drug-likeness (QED) is 0.872. The van der Waals surface area contributed by atoms with Gasteiger partial charge in [0.2, 0.25) is 5.91 Å². The van der Waals surface area contributed by atoms with Crippen LogP contribution < -0.4 is 0 Å². The number of aromatic nitrogens is 3. The monoisotopic (exact) mass is 300 g/mol. The fourth-order valence-corrected chi connectivity index (χ4v) is 3.47. The highest BCUT2D eigenvalue weighted by Crippen LogP contribution is 2.29. The van der Waals surface area contributed by atoms with Crippen LogP contribution in [0.25, 0.3) is 11.2 Å². The number of hydrogen-bond acceptors (Lipinski definition) is 3. The highest BCUT2D eigenvalue weighted by Gasteiger charge is 2.32. The summed E-state index contributed by atoms with van der Waals surface area (Å²) < 4.78 is 2.07. The van der Waals surface area contributed by atoms with E-state index >= 15 is 0 Å². The van der Waals surface area contributed by atoms with Crippen molar-refractivity contribution in [3.8, 4) is 0 Å². The number of amides is 1. The largest absolute Gasteiger partial charge is 0.342 e. The van der Waals surface area contributed by atoms with E-state index in [4.69, 9.17) is 4.98 Å². The summed E-state index contributed by atoms with van der Waals surface area (Å²) in [7, 11) is 2.02. The summed E-state index contributed by atoms with van der Waals surface area (Å²) >= 11 is 0. The number of pyridine rings is 1. The number of carbonyl (C=O) groups is 1. The molecule has 2 aromatic heterocycles. The van der Waals surface area contributed by atoms with Crippen LogP contribution in [0.2, 0.25) is 0 Å². The summed E-state index contributed by atoms with van der Waals surface area (Å²) in [4.78, 5) is 23.7. The first kappa shape index (κ1) is 15.0. The molecule has 0 bridgehead atoms. The van der Waals surface area contributed by atoms with Crippen LogP contribution in [0.5, 0.6) is 0 Å². The van der Waals surface area contributed by atoms with Gasteiger partial charge in [0, 0.05) is 38.2 Å². The molecule has 5 heteroatoms. The maximum Gasteiger partial charge on any atom is 0.225 e. The Hall–Kier alpha value is -1.91. The molecule has 3 heterocycles. The van der Waals surface area contributed by atoms with Crippen molar-refractivity contribution in [3.63, 3.8) is 0 Å². The van der Waals surface area contributed by atoms with Crippen LogP contribution in [-0.4, -0.2) is 38.4 Å². The van der Waals surface area contributed by atoms with E-state index in [-0.39, 0.29) is 5.92 Å². The zero-order valence-electron chi connectivity index (χ0n) is 13.6. The lowest BCUT2D eigenvalue weighted by molar-refractivity contribution is -0.134. The Kier molecular flexibility index (Phi) is 4.14. The second-order valence-electron chi connectivity index (χ2n) is 6.16. The van der Waals surface area contributed by atoms with Crippen molar-refractivity contribution < 1.29 is 4.79 Å². The van der Waals surface area contributed by atoms with Gasteiger partial charge in [0.25, 0.3) is 0 Å². The molecule has 0 saturated carbocycles. The average Bonchev–Trinajstić information content (AvgIpc) is 3.14. The number of imidazole rings is 1. The molecular weight excluding hydrogens is 276 g/mol. The summed E-state index contributed by atoms with van der Waals surface area (Å²) in [5.41, 5.74) is 1.85. The van der Waals surface area contributed by atoms with Crippen molar-refractivity contribution in [2.45, 2.75) is 39.0 Å². The van der Waals surface area contributed by atoms with Crippen molar-refractivity contribution in [3.05, 3.63) is 24.2 Å². The molecule has 22 heavy (non-hydrogen) atoms. The Morgan fingerprint density at radius 2 is 2.18 bits per heavy atom. The van der Waals surface area contributed by atoms with E-state index in [2.05, 4.69) is 23.4 Å². The van der Waals surface area contributed by atoms with Crippen LogP contribution >= 0.6 is 0 Å². The van der Waals surface area contributed by atoms with Gasteiger partial charge in [-0.05, 0) is 31.4 Å². The Labute approximate surface area is 131 Å². The lowest BCUT2D eigenvalue weighted by Gasteiger charge is -2.21. The standard InChI is InChI=1S/C17H24N4O/c1-4-12(5-2)17(22)21-10-8-13(11-21)15-19-14-7-6-9-18-16(14)20(15)3/h6-7,9,12-13H,4-5,8,10-11H2,1-3H3/t13-/m0/s1. The molecule has 0 radical (unpaired) electrons. The Balaban J connectivity index is 1.79. The van der Waals surface area contributed by atoms with Gasteiger partial charge in [-0.15, -0.1) is 0 Å². The summed E-state index contributed by atoms with van der Waals surface area (Å²) in [6, 6.07) is 3.91. The van der Waals surface area contributed by atoms with E-state index in [1.165, 1.54) is 0 Å². The van der Waals surface area contributed by atoms with Gasteiger partial charge < -0.3 is 9.47 Å². The highest BCUT2D eigenvalue weighted by atomic mass is 16.2. The van der Waals surface area contributed by atoms with Crippen LogP contribution in [0.3, 0.4) is 0 Å². The molecule has 5 nitrogen and oxygen atoms in total. The maximum atomic E-state index is 12.5. The fraction of sp³-hybridized carbons (Fsp3) is 0.588. The van der Waals surface area contributed by atoms with Crippen LogP contribution in [0.4, 0.5) is 0 Å². The molecule has 0 unspecified atom stereocenters. The molecule has 1 fully saturated rings. The molecule has 1 aliphatic heterocycles. The summed E-state index contributed by atoms with van der Waals surface area (Å²) in [6.45, 7) is 5.82. The number of rotatable bonds is 4. The van der Waals surface area contributed by atoms with E-state index < -0.39 is 0 Å². The van der Waals surface area contributed by atoms with Gasteiger partial charge in [-0.3, -0.25) is 4.79 Å². The Morgan fingerprint density at radius 3 is 2.86 bits per heavy atom. The fourth-order valence-electron chi connectivity index (χ4n) is 3.47. The third-order valence-electron chi connectivity index (χ3n) is 4.86. The van der Waals surface area contributed by atoms with E-state index in [1.54, 1.807) is 6.20 Å². The number of hydrogen-bond donors (Lipinski definition) is 0. The minimum atomic E-state index is 0.167. The highest BCUT2D eigenvalue weighted by molar-refractivity contribution is 5.79. The zero-order chi connectivity index (χ0) is 15.7. The van der Waals surface area contributed by atoms with Crippen LogP contribution in [0, 0.1) is 5.92 Å². The van der Waals surface area contributed by atoms with Crippen molar-refractivity contribution in [1.29, 1.82) is 0 Å². The molecule has 1 saturated heterocycles. The Bertz CT molecular complexity index is 674. The van der Waals surface area contributed by atoms with Gasteiger partial charge >= 0.3 is 0 Å². The topological polar surface area (TPSA) is 51.0 Å². The lowest BCUT2D eigenvalue weighted by Crippen LogP contribution is -2.34. The van der Waals surface area contributed by atoms with E-state index in [1.807, 2.05) is 24.1 Å². The normalized spacial score (nSPS) is 18.5. The summed E-state index contributed by atoms with van der Waals surface area (Å²) in [5, 5.41) is 0. The van der Waals surface area contributed by atoms with E-state index in [0.29, 0.717) is 11.8 Å². The first-order valence-corrected chi connectivity index (χ1v) is 8.21. The maximum absolute atomic E-state index is 12.5. The summed E-state index contributed by atoms with van der Waals surface area (Å²) in [5.74, 6) is 1.84. The first-order valence-electron chi connectivity index (χ1n) is 8.21. The number of nitrogens with zero attached hydrogens (tertiary/aromatic N) is 4. The van der Waals surface area contributed by atoms with Crippen LogP contribution in [0.15, 0.2) is 18.3 Å². The molecule has 118 valence electrons. The van der Waals surface area contributed by atoms with Gasteiger partial charge in [0.15, 0.2) is 5.65 Å². The Morgan fingerprint density at radius 1 is 1.41 bits per heavy atom. The minimum absolute atomic E-state index is 0.167. The number of carbonyl (C=O) groups excluding carboxylic acids is 1. The third-order valence-corrected chi connectivity index (χ3v) is 4.86. The first-order chi connectivity index (χ1) is 10.7. The van der Waals surface area contributed by atoms with Gasteiger partial charge in [-0.1, -0.05) is 13.8 Å². The zero-order valence-corrected chi connectivity index (χ0v) is 13.6. The predicted molar refractivity (Wildman–Crippen MR) is 86.5 cm³/mol. The van der Waals surface area contributed by atoms with Crippen LogP contribution in [-0.2, 0) is 11.8 Å². The molecule has 0 N–H and O–H groups in total. The van der Waals surface area contributed by atoms with Gasteiger partial charge in [0.05, 0.1) is 0 Å². The predicted octanol–water partition coefficient (Wildman–Crippen LogP) is 2.72. The lowest BCUT2D eigenvalue weighted by atomic mass is 10.0. The number of likely N-dealkylation sites (tertiary alicyclic amines) is 1. The molecule has 3 rings (SSSR count).